The average Bonchev–Trinajstić information content (AvgIpc) is 1.85. The van der Waals surface area contributed by atoms with Crippen LogP contribution in [0.25, 0.3) is 0 Å². The van der Waals surface area contributed by atoms with Crippen molar-refractivity contribution in [2.75, 3.05) is 0 Å². The number of hydrogen-bond donors (Lipinski definition) is 0. The Kier molecular flexibility index (Phi) is 3.71. The summed E-state index contributed by atoms with van der Waals surface area (Å²) < 4.78 is 0. The fourth-order valence-electron chi connectivity index (χ4n) is 2.11. The van der Waals surface area contributed by atoms with Crippen LogP contribution in [0.15, 0.2) is 0 Å². The Bertz CT molecular complexity index is 107. The molecular formula is C10H19Cl. The van der Waals surface area contributed by atoms with Crippen molar-refractivity contribution >= 4 is 11.6 Å². The number of hydrogen-bond acceptors (Lipinski definition) is 0. The first-order chi connectivity index (χ1) is 5.18. The Labute approximate surface area is 75.3 Å². The lowest BCUT2D eigenvalue weighted by atomic mass is 9.83. The predicted octanol–water partition coefficient (Wildman–Crippen LogP) is 3.83. The second-order valence-corrected chi connectivity index (χ2v) is 4.88. The van der Waals surface area contributed by atoms with Crippen LogP contribution in [-0.4, -0.2) is 5.38 Å². The van der Waals surface area contributed by atoms with E-state index in [4.69, 9.17) is 11.6 Å². The van der Waals surface area contributed by atoms with Gasteiger partial charge in [-0.05, 0) is 31.1 Å². The van der Waals surface area contributed by atoms with Crippen LogP contribution in [0.4, 0.5) is 0 Å². The lowest BCUT2D eigenvalue weighted by Crippen LogP contribution is -2.16. The first-order valence-electron chi connectivity index (χ1n) is 4.82. The third kappa shape index (κ3) is 3.46. The van der Waals surface area contributed by atoms with E-state index < -0.39 is 0 Å². The van der Waals surface area contributed by atoms with Crippen molar-refractivity contribution in [2.24, 2.45) is 11.8 Å². The summed E-state index contributed by atoms with van der Waals surface area (Å²) in [6.07, 6.45) is 6.66. The molecule has 0 amide bonds. The molecule has 1 heteroatoms. The van der Waals surface area contributed by atoms with Gasteiger partial charge >= 0.3 is 0 Å². The molecule has 0 N–H and O–H groups in total. The van der Waals surface area contributed by atoms with Gasteiger partial charge in [0.25, 0.3) is 0 Å². The second-order valence-electron chi connectivity index (χ2n) is 4.26. The molecule has 0 spiro atoms. The molecule has 0 saturated heterocycles. The first-order valence-corrected chi connectivity index (χ1v) is 5.26. The Morgan fingerprint density at radius 3 is 2.64 bits per heavy atom. The van der Waals surface area contributed by atoms with Crippen LogP contribution in [0.1, 0.15) is 46.0 Å². The smallest absolute Gasteiger partial charge is 0.0338 e. The van der Waals surface area contributed by atoms with Crippen molar-refractivity contribution < 1.29 is 0 Å². The van der Waals surface area contributed by atoms with Gasteiger partial charge in [-0.25, -0.2) is 0 Å². The fourth-order valence-corrected chi connectivity index (χ4v) is 2.51. The highest BCUT2D eigenvalue weighted by molar-refractivity contribution is 6.20. The van der Waals surface area contributed by atoms with E-state index in [0.29, 0.717) is 5.38 Å². The zero-order valence-electron chi connectivity index (χ0n) is 7.65. The second kappa shape index (κ2) is 4.35. The minimum Gasteiger partial charge on any atom is -0.123 e. The molecule has 1 rings (SSSR count). The van der Waals surface area contributed by atoms with Gasteiger partial charge in [-0.15, -0.1) is 11.6 Å². The van der Waals surface area contributed by atoms with E-state index in [1.54, 1.807) is 0 Å². The van der Waals surface area contributed by atoms with Crippen LogP contribution in [0, 0.1) is 11.8 Å². The molecule has 1 saturated carbocycles. The maximum absolute atomic E-state index is 6.09. The van der Waals surface area contributed by atoms with Crippen molar-refractivity contribution in [3.63, 3.8) is 0 Å². The fraction of sp³-hybridized carbons (Fsp3) is 1.00. The lowest BCUT2D eigenvalue weighted by molar-refractivity contribution is 0.309. The topological polar surface area (TPSA) is 0 Å². The number of halogens is 1. The molecule has 1 aliphatic rings. The molecule has 1 aliphatic carbocycles. The summed E-state index contributed by atoms with van der Waals surface area (Å²) in [5.74, 6) is 1.77. The Balaban J connectivity index is 2.23. The van der Waals surface area contributed by atoms with Gasteiger partial charge in [-0.3, -0.25) is 0 Å². The zero-order chi connectivity index (χ0) is 8.27. The highest BCUT2D eigenvalue weighted by atomic mass is 35.5. The third-order valence-electron chi connectivity index (χ3n) is 2.52. The van der Waals surface area contributed by atoms with Crippen molar-refractivity contribution in [1.29, 1.82) is 0 Å². The summed E-state index contributed by atoms with van der Waals surface area (Å²) in [6, 6.07) is 0. The third-order valence-corrected chi connectivity index (χ3v) is 2.92. The Morgan fingerprint density at radius 1 is 1.36 bits per heavy atom. The normalized spacial score (nSPS) is 32.7. The van der Waals surface area contributed by atoms with Crippen LogP contribution < -0.4 is 0 Å². The SMILES string of the molecule is CC(C)CC1CCCC(Cl)C1. The minimum absolute atomic E-state index is 0.479. The first kappa shape index (κ1) is 9.38. The van der Waals surface area contributed by atoms with Crippen LogP contribution >= 0.6 is 11.6 Å². The van der Waals surface area contributed by atoms with Crippen LogP contribution in [0.5, 0.6) is 0 Å². The van der Waals surface area contributed by atoms with E-state index in [1.807, 2.05) is 0 Å². The van der Waals surface area contributed by atoms with Crippen molar-refractivity contribution in [2.45, 2.75) is 51.3 Å². The summed E-state index contributed by atoms with van der Waals surface area (Å²) in [7, 11) is 0. The number of alkyl halides is 1. The molecule has 0 aliphatic heterocycles. The molecule has 0 aromatic rings. The highest BCUT2D eigenvalue weighted by Gasteiger charge is 2.20. The molecule has 0 radical (unpaired) electrons. The molecule has 0 aromatic carbocycles. The molecule has 11 heavy (non-hydrogen) atoms. The predicted molar refractivity (Wildman–Crippen MR) is 51.1 cm³/mol. The largest absolute Gasteiger partial charge is 0.123 e. The molecule has 2 unspecified atom stereocenters. The average molecular weight is 175 g/mol. The van der Waals surface area contributed by atoms with E-state index in [1.165, 1.54) is 32.1 Å². The van der Waals surface area contributed by atoms with Crippen LogP contribution in [0.3, 0.4) is 0 Å². The van der Waals surface area contributed by atoms with Crippen molar-refractivity contribution in [3.8, 4) is 0 Å². The quantitative estimate of drug-likeness (QED) is 0.559. The van der Waals surface area contributed by atoms with Gasteiger partial charge < -0.3 is 0 Å². The molecular weight excluding hydrogens is 156 g/mol. The molecule has 0 heterocycles. The monoisotopic (exact) mass is 174 g/mol. The summed E-state index contributed by atoms with van der Waals surface area (Å²) in [5, 5.41) is 0.479. The Morgan fingerprint density at radius 2 is 2.09 bits per heavy atom. The highest BCUT2D eigenvalue weighted by Crippen LogP contribution is 2.31. The lowest BCUT2D eigenvalue weighted by Gasteiger charge is -2.26. The van der Waals surface area contributed by atoms with Crippen LogP contribution in [0.2, 0.25) is 0 Å². The van der Waals surface area contributed by atoms with Gasteiger partial charge in [0.2, 0.25) is 0 Å². The van der Waals surface area contributed by atoms with Gasteiger partial charge in [-0.2, -0.15) is 0 Å². The number of rotatable bonds is 2. The summed E-state index contributed by atoms with van der Waals surface area (Å²) >= 11 is 6.09. The molecule has 0 bridgehead atoms. The zero-order valence-corrected chi connectivity index (χ0v) is 8.40. The van der Waals surface area contributed by atoms with E-state index in [0.717, 1.165) is 11.8 Å². The van der Waals surface area contributed by atoms with Gasteiger partial charge in [0.15, 0.2) is 0 Å². The van der Waals surface area contributed by atoms with Gasteiger partial charge in [0, 0.05) is 5.38 Å². The summed E-state index contributed by atoms with van der Waals surface area (Å²) in [4.78, 5) is 0. The molecule has 1 fully saturated rings. The molecule has 66 valence electrons. The van der Waals surface area contributed by atoms with E-state index >= 15 is 0 Å². The van der Waals surface area contributed by atoms with E-state index in [2.05, 4.69) is 13.8 Å². The molecule has 2 atom stereocenters. The van der Waals surface area contributed by atoms with Gasteiger partial charge in [-0.1, -0.05) is 26.7 Å². The summed E-state index contributed by atoms with van der Waals surface area (Å²) in [6.45, 7) is 4.61. The standard InChI is InChI=1S/C10H19Cl/c1-8(2)6-9-4-3-5-10(11)7-9/h8-10H,3-7H2,1-2H3. The Hall–Kier alpha value is 0.290. The molecule has 0 nitrogen and oxygen atoms in total. The van der Waals surface area contributed by atoms with Crippen LogP contribution in [-0.2, 0) is 0 Å². The van der Waals surface area contributed by atoms with Gasteiger partial charge in [0.05, 0.1) is 0 Å². The molecule has 0 aromatic heterocycles. The maximum Gasteiger partial charge on any atom is 0.0338 e. The summed E-state index contributed by atoms with van der Waals surface area (Å²) in [5.41, 5.74) is 0. The maximum atomic E-state index is 6.09. The minimum atomic E-state index is 0.479. The van der Waals surface area contributed by atoms with Gasteiger partial charge in [0.1, 0.15) is 0 Å². The van der Waals surface area contributed by atoms with E-state index in [9.17, 15) is 0 Å². The van der Waals surface area contributed by atoms with Crippen molar-refractivity contribution in [3.05, 3.63) is 0 Å². The van der Waals surface area contributed by atoms with E-state index in [-0.39, 0.29) is 0 Å². The van der Waals surface area contributed by atoms with Crippen molar-refractivity contribution in [1.82, 2.24) is 0 Å².